The highest BCUT2D eigenvalue weighted by molar-refractivity contribution is 14.1. The van der Waals surface area contributed by atoms with Crippen LogP contribution in [-0.2, 0) is 0 Å². The maximum Gasteiger partial charge on any atom is 0.252 e. The van der Waals surface area contributed by atoms with Crippen LogP contribution in [0.4, 0.5) is 0 Å². The second kappa shape index (κ2) is 6.52. The molecule has 0 unspecified atom stereocenters. The van der Waals surface area contributed by atoms with Gasteiger partial charge in [-0.05, 0) is 53.3 Å². The van der Waals surface area contributed by atoms with Crippen molar-refractivity contribution in [3.63, 3.8) is 0 Å². The van der Waals surface area contributed by atoms with Crippen molar-refractivity contribution >= 4 is 44.4 Å². The van der Waals surface area contributed by atoms with Crippen LogP contribution in [0.2, 0.25) is 0 Å². The quantitative estimate of drug-likeness (QED) is 0.712. The molecule has 0 aliphatic heterocycles. The van der Waals surface area contributed by atoms with E-state index in [2.05, 4.69) is 43.8 Å². The van der Waals surface area contributed by atoms with Gasteiger partial charge in [0.1, 0.15) is 0 Å². The van der Waals surface area contributed by atoms with E-state index in [0.717, 1.165) is 13.6 Å². The van der Waals surface area contributed by atoms with Crippen molar-refractivity contribution in [2.45, 2.75) is 13.0 Å². The first kappa shape index (κ1) is 14.5. The van der Waals surface area contributed by atoms with E-state index in [1.807, 2.05) is 55.5 Å². The van der Waals surface area contributed by atoms with E-state index in [4.69, 9.17) is 0 Å². The number of amides is 1. The van der Waals surface area contributed by atoms with Gasteiger partial charge in [-0.25, -0.2) is 0 Å². The summed E-state index contributed by atoms with van der Waals surface area (Å²) in [5.74, 6) is -0.0537. The molecular formula is C15H13BrINO. The first-order valence-corrected chi connectivity index (χ1v) is 7.76. The third-order valence-electron chi connectivity index (χ3n) is 2.82. The predicted octanol–water partition coefficient (Wildman–Crippen LogP) is 4.54. The van der Waals surface area contributed by atoms with Gasteiger partial charge in [0.2, 0.25) is 0 Å². The highest BCUT2D eigenvalue weighted by Crippen LogP contribution is 2.20. The summed E-state index contributed by atoms with van der Waals surface area (Å²) >= 11 is 5.56. The minimum absolute atomic E-state index is 0.0107. The summed E-state index contributed by atoms with van der Waals surface area (Å²) < 4.78 is 1.85. The summed E-state index contributed by atoms with van der Waals surface area (Å²) in [6.07, 6.45) is 0. The molecule has 2 rings (SSSR count). The van der Waals surface area contributed by atoms with Gasteiger partial charge in [-0.2, -0.15) is 0 Å². The molecule has 2 aromatic rings. The SMILES string of the molecule is C[C@@H](NC(=O)c1cc(Br)ccc1I)c1ccccc1. The molecule has 0 aliphatic rings. The summed E-state index contributed by atoms with van der Waals surface area (Å²) in [5.41, 5.74) is 1.79. The fourth-order valence-electron chi connectivity index (χ4n) is 1.77. The fourth-order valence-corrected chi connectivity index (χ4v) is 2.71. The van der Waals surface area contributed by atoms with Gasteiger partial charge in [-0.15, -0.1) is 0 Å². The zero-order valence-corrected chi connectivity index (χ0v) is 14.1. The molecule has 0 saturated heterocycles. The Kier molecular flexibility index (Phi) is 4.99. The first-order valence-electron chi connectivity index (χ1n) is 5.89. The van der Waals surface area contributed by atoms with E-state index in [1.54, 1.807) is 0 Å². The van der Waals surface area contributed by atoms with Gasteiger partial charge in [-0.1, -0.05) is 46.3 Å². The predicted molar refractivity (Wildman–Crippen MR) is 89.2 cm³/mol. The van der Waals surface area contributed by atoms with Crippen LogP contribution >= 0.6 is 38.5 Å². The molecule has 0 heterocycles. The third-order valence-corrected chi connectivity index (χ3v) is 4.25. The second-order valence-electron chi connectivity index (χ2n) is 4.23. The van der Waals surface area contributed by atoms with Crippen LogP contribution in [0.5, 0.6) is 0 Å². The number of benzene rings is 2. The van der Waals surface area contributed by atoms with Crippen molar-refractivity contribution < 1.29 is 4.79 Å². The van der Waals surface area contributed by atoms with E-state index in [-0.39, 0.29) is 11.9 Å². The fraction of sp³-hybridized carbons (Fsp3) is 0.133. The third kappa shape index (κ3) is 3.79. The van der Waals surface area contributed by atoms with Crippen LogP contribution in [0.1, 0.15) is 28.9 Å². The summed E-state index contributed by atoms with van der Waals surface area (Å²) in [6, 6.07) is 15.6. The van der Waals surface area contributed by atoms with Crippen molar-refractivity contribution in [2.75, 3.05) is 0 Å². The van der Waals surface area contributed by atoms with Gasteiger partial charge in [0.05, 0.1) is 11.6 Å². The van der Waals surface area contributed by atoms with Crippen LogP contribution in [0.3, 0.4) is 0 Å². The summed E-state index contributed by atoms with van der Waals surface area (Å²) in [6.45, 7) is 1.98. The largest absolute Gasteiger partial charge is 0.345 e. The topological polar surface area (TPSA) is 29.1 Å². The Bertz CT molecular complexity index is 586. The van der Waals surface area contributed by atoms with Gasteiger partial charge in [0.15, 0.2) is 0 Å². The number of rotatable bonds is 3. The van der Waals surface area contributed by atoms with Crippen molar-refractivity contribution in [2.24, 2.45) is 0 Å². The molecule has 1 N–H and O–H groups in total. The monoisotopic (exact) mass is 429 g/mol. The number of carbonyl (C=O) groups excluding carboxylic acids is 1. The maximum atomic E-state index is 12.3. The van der Waals surface area contributed by atoms with Gasteiger partial charge < -0.3 is 5.32 Å². The Labute approximate surface area is 134 Å². The minimum atomic E-state index is -0.0537. The minimum Gasteiger partial charge on any atom is -0.345 e. The molecule has 0 fully saturated rings. The number of hydrogen-bond acceptors (Lipinski definition) is 1. The second-order valence-corrected chi connectivity index (χ2v) is 6.31. The molecular weight excluding hydrogens is 417 g/mol. The Morgan fingerprint density at radius 2 is 1.89 bits per heavy atom. The lowest BCUT2D eigenvalue weighted by molar-refractivity contribution is 0.0939. The van der Waals surface area contributed by atoms with Crippen molar-refractivity contribution in [1.29, 1.82) is 0 Å². The highest BCUT2D eigenvalue weighted by atomic mass is 127. The molecule has 19 heavy (non-hydrogen) atoms. The molecule has 98 valence electrons. The average molecular weight is 430 g/mol. The van der Waals surface area contributed by atoms with Crippen LogP contribution in [0, 0.1) is 3.57 Å². The summed E-state index contributed by atoms with van der Waals surface area (Å²) in [7, 11) is 0. The molecule has 2 aromatic carbocycles. The van der Waals surface area contributed by atoms with Crippen LogP contribution in [0.25, 0.3) is 0 Å². The van der Waals surface area contributed by atoms with Crippen LogP contribution in [-0.4, -0.2) is 5.91 Å². The van der Waals surface area contributed by atoms with Gasteiger partial charge in [0, 0.05) is 8.04 Å². The Morgan fingerprint density at radius 3 is 2.58 bits per heavy atom. The number of nitrogens with one attached hydrogen (secondary N) is 1. The Morgan fingerprint density at radius 1 is 1.21 bits per heavy atom. The lowest BCUT2D eigenvalue weighted by Crippen LogP contribution is -2.27. The lowest BCUT2D eigenvalue weighted by atomic mass is 10.1. The van der Waals surface area contributed by atoms with E-state index in [0.29, 0.717) is 5.56 Å². The first-order chi connectivity index (χ1) is 9.08. The number of carbonyl (C=O) groups is 1. The number of halogens is 2. The van der Waals surface area contributed by atoms with Crippen LogP contribution < -0.4 is 5.32 Å². The zero-order valence-electron chi connectivity index (χ0n) is 10.4. The van der Waals surface area contributed by atoms with Crippen molar-refractivity contribution in [3.05, 3.63) is 67.7 Å². The molecule has 2 nitrogen and oxygen atoms in total. The Balaban J connectivity index is 2.15. The smallest absolute Gasteiger partial charge is 0.252 e. The zero-order chi connectivity index (χ0) is 13.8. The molecule has 0 bridgehead atoms. The highest BCUT2D eigenvalue weighted by Gasteiger charge is 2.14. The molecule has 4 heteroatoms. The lowest BCUT2D eigenvalue weighted by Gasteiger charge is -2.15. The number of hydrogen-bond donors (Lipinski definition) is 1. The van der Waals surface area contributed by atoms with Gasteiger partial charge >= 0.3 is 0 Å². The van der Waals surface area contributed by atoms with E-state index in [1.165, 1.54) is 0 Å². The molecule has 0 aromatic heterocycles. The van der Waals surface area contributed by atoms with Gasteiger partial charge in [0.25, 0.3) is 5.91 Å². The Hall–Kier alpha value is -0.880. The standard InChI is InChI=1S/C15H13BrINO/c1-10(11-5-3-2-4-6-11)18-15(19)13-9-12(16)7-8-14(13)17/h2-10H,1H3,(H,18,19)/t10-/m1/s1. The molecule has 1 atom stereocenters. The van der Waals surface area contributed by atoms with Crippen molar-refractivity contribution in [1.82, 2.24) is 5.32 Å². The molecule has 1 amide bonds. The van der Waals surface area contributed by atoms with E-state index >= 15 is 0 Å². The molecule has 0 spiro atoms. The van der Waals surface area contributed by atoms with Gasteiger partial charge in [-0.3, -0.25) is 4.79 Å². The average Bonchev–Trinajstić information content (AvgIpc) is 2.42. The van der Waals surface area contributed by atoms with Crippen molar-refractivity contribution in [3.8, 4) is 0 Å². The normalized spacial score (nSPS) is 11.9. The molecule has 0 aliphatic carbocycles. The maximum absolute atomic E-state index is 12.3. The van der Waals surface area contributed by atoms with Crippen LogP contribution in [0.15, 0.2) is 53.0 Å². The van der Waals surface area contributed by atoms with E-state index < -0.39 is 0 Å². The summed E-state index contributed by atoms with van der Waals surface area (Å²) in [4.78, 5) is 12.3. The molecule has 0 radical (unpaired) electrons. The molecule has 0 saturated carbocycles. The van der Waals surface area contributed by atoms with E-state index in [9.17, 15) is 4.79 Å². The summed E-state index contributed by atoms with van der Waals surface area (Å²) in [5, 5.41) is 3.02.